The summed E-state index contributed by atoms with van der Waals surface area (Å²) in [5.74, 6) is -0.529. The van der Waals surface area contributed by atoms with E-state index in [0.29, 0.717) is 6.54 Å². The van der Waals surface area contributed by atoms with E-state index in [4.69, 9.17) is 11.5 Å². The van der Waals surface area contributed by atoms with Crippen LogP contribution < -0.4 is 11.5 Å². The fraction of sp³-hybridized carbons (Fsp3) is 0.562. The van der Waals surface area contributed by atoms with Gasteiger partial charge in [-0.25, -0.2) is 4.39 Å². The van der Waals surface area contributed by atoms with Crippen molar-refractivity contribution in [3.8, 4) is 0 Å². The summed E-state index contributed by atoms with van der Waals surface area (Å²) in [6, 6.07) is 6.37. The highest BCUT2D eigenvalue weighted by Crippen LogP contribution is 2.36. The highest BCUT2D eigenvalue weighted by Gasteiger charge is 2.42. The van der Waals surface area contributed by atoms with Crippen molar-refractivity contribution in [2.45, 2.75) is 38.8 Å². The molecule has 0 bridgehead atoms. The van der Waals surface area contributed by atoms with Crippen LogP contribution in [0.4, 0.5) is 4.39 Å². The number of hydrogen-bond acceptors (Lipinski definition) is 3. The summed E-state index contributed by atoms with van der Waals surface area (Å²) in [6.45, 7) is 5.30. The Morgan fingerprint density at radius 2 is 2.05 bits per heavy atom. The first kappa shape index (κ1) is 15.9. The zero-order valence-corrected chi connectivity index (χ0v) is 12.7. The molecule has 3 unspecified atom stereocenters. The minimum atomic E-state index is -0.508. The van der Waals surface area contributed by atoms with Gasteiger partial charge in [-0.3, -0.25) is 9.69 Å². The van der Waals surface area contributed by atoms with Gasteiger partial charge in [0.05, 0.1) is 5.41 Å². The van der Waals surface area contributed by atoms with Crippen LogP contribution in [0.15, 0.2) is 24.3 Å². The number of primary amides is 1. The van der Waals surface area contributed by atoms with E-state index in [2.05, 4.69) is 4.90 Å². The van der Waals surface area contributed by atoms with Crippen molar-refractivity contribution in [3.63, 3.8) is 0 Å². The number of benzene rings is 1. The van der Waals surface area contributed by atoms with Gasteiger partial charge in [-0.15, -0.1) is 0 Å². The normalized spacial score (nSPS) is 25.7. The van der Waals surface area contributed by atoms with Crippen LogP contribution in [0.1, 0.15) is 38.3 Å². The number of carbonyl (C=O) groups is 1. The Morgan fingerprint density at radius 1 is 1.43 bits per heavy atom. The van der Waals surface area contributed by atoms with Crippen LogP contribution in [0.5, 0.6) is 0 Å². The summed E-state index contributed by atoms with van der Waals surface area (Å²) in [4.78, 5) is 13.8. The van der Waals surface area contributed by atoms with Gasteiger partial charge in [-0.1, -0.05) is 19.1 Å². The van der Waals surface area contributed by atoms with Gasteiger partial charge in [-0.05, 0) is 44.0 Å². The lowest BCUT2D eigenvalue weighted by atomic mass is 9.89. The van der Waals surface area contributed by atoms with Crippen molar-refractivity contribution < 1.29 is 9.18 Å². The van der Waals surface area contributed by atoms with Crippen LogP contribution in [0.2, 0.25) is 0 Å². The Balaban J connectivity index is 2.26. The largest absolute Gasteiger partial charge is 0.369 e. The summed E-state index contributed by atoms with van der Waals surface area (Å²) in [5, 5.41) is 0. The monoisotopic (exact) mass is 293 g/mol. The second kappa shape index (κ2) is 6.12. The van der Waals surface area contributed by atoms with E-state index < -0.39 is 5.41 Å². The van der Waals surface area contributed by atoms with Crippen molar-refractivity contribution in [1.29, 1.82) is 0 Å². The molecule has 1 aromatic carbocycles. The summed E-state index contributed by atoms with van der Waals surface area (Å²) in [6.07, 6.45) is 1.54. The topological polar surface area (TPSA) is 72.3 Å². The van der Waals surface area contributed by atoms with Crippen molar-refractivity contribution in [2.24, 2.45) is 16.9 Å². The van der Waals surface area contributed by atoms with Crippen LogP contribution in [-0.4, -0.2) is 29.9 Å². The third-order valence-corrected chi connectivity index (χ3v) is 4.58. The van der Waals surface area contributed by atoms with Crippen molar-refractivity contribution in [3.05, 3.63) is 35.6 Å². The molecule has 4 nitrogen and oxygen atoms in total. The number of hydrogen-bond donors (Lipinski definition) is 2. The van der Waals surface area contributed by atoms with E-state index in [-0.39, 0.29) is 23.8 Å². The van der Waals surface area contributed by atoms with Crippen molar-refractivity contribution >= 4 is 5.91 Å². The molecule has 0 spiro atoms. The standard InChI is InChI=1S/C16H24FN3O/c1-3-13(18)14(11-4-6-12(17)7-5-11)20-9-8-16(2,10-20)15(19)21/h4-7,13-14H,3,8-10,18H2,1-2H3,(H2,19,21). The lowest BCUT2D eigenvalue weighted by Gasteiger charge is -2.33. The van der Waals surface area contributed by atoms with Gasteiger partial charge in [-0.2, -0.15) is 0 Å². The van der Waals surface area contributed by atoms with Crippen LogP contribution in [-0.2, 0) is 4.79 Å². The van der Waals surface area contributed by atoms with E-state index in [1.807, 2.05) is 13.8 Å². The molecular formula is C16H24FN3O. The van der Waals surface area contributed by atoms with E-state index in [1.54, 1.807) is 12.1 Å². The number of carbonyl (C=O) groups excluding carboxylic acids is 1. The molecule has 1 fully saturated rings. The Bertz CT molecular complexity index is 505. The quantitative estimate of drug-likeness (QED) is 0.869. The Kier molecular flexibility index (Phi) is 4.64. The average molecular weight is 293 g/mol. The van der Waals surface area contributed by atoms with Gasteiger partial charge in [0.2, 0.25) is 5.91 Å². The number of rotatable bonds is 5. The summed E-state index contributed by atoms with van der Waals surface area (Å²) in [7, 11) is 0. The molecule has 0 aromatic heterocycles. The van der Waals surface area contributed by atoms with Gasteiger partial charge in [0.15, 0.2) is 0 Å². The lowest BCUT2D eigenvalue weighted by Crippen LogP contribution is -2.42. The van der Waals surface area contributed by atoms with E-state index in [1.165, 1.54) is 12.1 Å². The Hall–Kier alpha value is -1.46. The molecule has 1 heterocycles. The summed E-state index contributed by atoms with van der Waals surface area (Å²) in [5.41, 5.74) is 12.3. The highest BCUT2D eigenvalue weighted by molar-refractivity contribution is 5.81. The molecule has 1 aromatic rings. The van der Waals surface area contributed by atoms with Gasteiger partial charge >= 0.3 is 0 Å². The molecule has 2 rings (SSSR count). The number of nitrogens with zero attached hydrogens (tertiary/aromatic N) is 1. The first-order chi connectivity index (χ1) is 9.87. The lowest BCUT2D eigenvalue weighted by molar-refractivity contribution is -0.126. The van der Waals surface area contributed by atoms with Crippen LogP contribution in [0, 0.1) is 11.2 Å². The molecule has 4 N–H and O–H groups in total. The third-order valence-electron chi connectivity index (χ3n) is 4.58. The fourth-order valence-corrected chi connectivity index (χ4v) is 3.05. The number of halogens is 1. The van der Waals surface area contributed by atoms with E-state index in [9.17, 15) is 9.18 Å². The SMILES string of the molecule is CCC(N)C(c1ccc(F)cc1)N1CCC(C)(C(N)=O)C1. The first-order valence-corrected chi connectivity index (χ1v) is 7.42. The Labute approximate surface area is 125 Å². The number of likely N-dealkylation sites (tertiary alicyclic amines) is 1. The Morgan fingerprint density at radius 3 is 2.52 bits per heavy atom. The maximum absolute atomic E-state index is 13.1. The van der Waals surface area contributed by atoms with E-state index >= 15 is 0 Å². The van der Waals surface area contributed by atoms with Crippen LogP contribution >= 0.6 is 0 Å². The fourth-order valence-electron chi connectivity index (χ4n) is 3.05. The molecule has 0 aliphatic carbocycles. The first-order valence-electron chi connectivity index (χ1n) is 7.42. The molecule has 0 radical (unpaired) electrons. The second-order valence-corrected chi connectivity index (χ2v) is 6.21. The minimum Gasteiger partial charge on any atom is -0.369 e. The smallest absolute Gasteiger partial charge is 0.224 e. The van der Waals surface area contributed by atoms with Crippen molar-refractivity contribution in [2.75, 3.05) is 13.1 Å². The third kappa shape index (κ3) is 3.24. The average Bonchev–Trinajstić information content (AvgIpc) is 2.85. The van der Waals surface area contributed by atoms with Crippen LogP contribution in [0.3, 0.4) is 0 Å². The van der Waals surface area contributed by atoms with E-state index in [0.717, 1.165) is 24.9 Å². The molecule has 0 saturated carbocycles. The minimum absolute atomic E-state index is 0.0169. The molecule has 1 amide bonds. The molecule has 1 aliphatic heterocycles. The molecular weight excluding hydrogens is 269 g/mol. The van der Waals surface area contributed by atoms with Gasteiger partial charge in [0.25, 0.3) is 0 Å². The second-order valence-electron chi connectivity index (χ2n) is 6.21. The predicted octanol–water partition coefficient (Wildman–Crippen LogP) is 1.80. The van der Waals surface area contributed by atoms with Gasteiger partial charge in [0, 0.05) is 18.6 Å². The zero-order valence-electron chi connectivity index (χ0n) is 12.7. The maximum Gasteiger partial charge on any atom is 0.224 e. The molecule has 116 valence electrons. The van der Waals surface area contributed by atoms with Crippen molar-refractivity contribution in [1.82, 2.24) is 4.90 Å². The highest BCUT2D eigenvalue weighted by atomic mass is 19.1. The summed E-state index contributed by atoms with van der Waals surface area (Å²) >= 11 is 0. The maximum atomic E-state index is 13.1. The molecule has 1 aliphatic rings. The van der Waals surface area contributed by atoms with Crippen LogP contribution in [0.25, 0.3) is 0 Å². The predicted molar refractivity (Wildman–Crippen MR) is 80.9 cm³/mol. The molecule has 1 saturated heterocycles. The van der Waals surface area contributed by atoms with Gasteiger partial charge < -0.3 is 11.5 Å². The summed E-state index contributed by atoms with van der Waals surface area (Å²) < 4.78 is 13.1. The molecule has 21 heavy (non-hydrogen) atoms. The number of amides is 1. The zero-order chi connectivity index (χ0) is 15.6. The number of nitrogens with two attached hydrogens (primary N) is 2. The molecule has 5 heteroatoms. The van der Waals surface area contributed by atoms with Gasteiger partial charge in [0.1, 0.15) is 5.82 Å². The molecule has 3 atom stereocenters.